The summed E-state index contributed by atoms with van der Waals surface area (Å²) < 4.78 is 9.29. The molecular formula is C12H16O7. The van der Waals surface area contributed by atoms with Gasteiger partial charge < -0.3 is 24.8 Å². The van der Waals surface area contributed by atoms with Crippen molar-refractivity contribution in [1.29, 1.82) is 0 Å². The average molecular weight is 272 g/mol. The Labute approximate surface area is 110 Å². The molecule has 0 rings (SSSR count). The van der Waals surface area contributed by atoms with Gasteiger partial charge in [-0.15, -0.1) is 0 Å². The number of hydrogen-bond acceptors (Lipinski definition) is 7. The van der Waals surface area contributed by atoms with E-state index in [0.717, 1.165) is 6.08 Å². The van der Waals surface area contributed by atoms with E-state index >= 15 is 0 Å². The van der Waals surface area contributed by atoms with Gasteiger partial charge in [-0.3, -0.25) is 0 Å². The number of aliphatic hydroxyl groups is 3. The van der Waals surface area contributed by atoms with Crippen molar-refractivity contribution < 1.29 is 34.4 Å². The minimum absolute atomic E-state index is 0.0852. The third kappa shape index (κ3) is 5.47. The van der Waals surface area contributed by atoms with Crippen molar-refractivity contribution in [2.24, 2.45) is 0 Å². The van der Waals surface area contributed by atoms with E-state index in [9.17, 15) is 9.59 Å². The first kappa shape index (κ1) is 17.0. The Morgan fingerprint density at radius 3 is 2.05 bits per heavy atom. The average Bonchev–Trinajstić information content (AvgIpc) is 2.43. The molecule has 0 aliphatic heterocycles. The molecule has 0 unspecified atom stereocenters. The van der Waals surface area contributed by atoms with Crippen molar-refractivity contribution in [1.82, 2.24) is 0 Å². The fraction of sp³-hybridized carbons (Fsp3) is 0.333. The van der Waals surface area contributed by atoms with E-state index in [1.54, 1.807) is 0 Å². The number of ether oxygens (including phenoxy) is 2. The molecule has 0 amide bonds. The van der Waals surface area contributed by atoms with E-state index in [0.29, 0.717) is 0 Å². The standard InChI is InChI=1S/C12H16O7/c1-3-10(16)18-11(4-2)19-12(17)9(7-15)8(5-13)6-14/h3-4,13-15H,1,5-7H2,2H3/b11-4-. The number of rotatable bonds is 7. The summed E-state index contributed by atoms with van der Waals surface area (Å²) in [7, 11) is 0. The maximum absolute atomic E-state index is 11.7. The molecule has 0 aliphatic carbocycles. The summed E-state index contributed by atoms with van der Waals surface area (Å²) in [6.45, 7) is 2.68. The van der Waals surface area contributed by atoms with Crippen LogP contribution in [-0.4, -0.2) is 47.1 Å². The minimum atomic E-state index is -1.04. The molecule has 106 valence electrons. The molecule has 3 N–H and O–H groups in total. The molecule has 7 heteroatoms. The van der Waals surface area contributed by atoms with E-state index < -0.39 is 37.7 Å². The Hall–Kier alpha value is -1.96. The van der Waals surface area contributed by atoms with Gasteiger partial charge in [-0.2, -0.15) is 0 Å². The van der Waals surface area contributed by atoms with Crippen molar-refractivity contribution in [3.63, 3.8) is 0 Å². The lowest BCUT2D eigenvalue weighted by atomic mass is 10.1. The fourth-order valence-corrected chi connectivity index (χ4v) is 0.994. The number of esters is 2. The van der Waals surface area contributed by atoms with Crippen LogP contribution in [0.5, 0.6) is 0 Å². The van der Waals surface area contributed by atoms with E-state index in [4.69, 9.17) is 20.1 Å². The van der Waals surface area contributed by atoms with Crippen LogP contribution in [0.1, 0.15) is 6.92 Å². The number of allylic oxidation sites excluding steroid dienone is 1. The first-order chi connectivity index (χ1) is 9.03. The lowest BCUT2D eigenvalue weighted by Gasteiger charge is -2.11. The summed E-state index contributed by atoms with van der Waals surface area (Å²) >= 11 is 0. The summed E-state index contributed by atoms with van der Waals surface area (Å²) in [4.78, 5) is 22.6. The zero-order chi connectivity index (χ0) is 14.8. The summed E-state index contributed by atoms with van der Waals surface area (Å²) in [5.74, 6) is -2.25. The van der Waals surface area contributed by atoms with Crippen LogP contribution in [0.25, 0.3) is 0 Å². The predicted octanol–water partition coefficient (Wildman–Crippen LogP) is -0.606. The molecule has 0 aromatic heterocycles. The summed E-state index contributed by atoms with van der Waals surface area (Å²) in [5, 5.41) is 26.8. The molecule has 7 nitrogen and oxygen atoms in total. The zero-order valence-corrected chi connectivity index (χ0v) is 10.5. The van der Waals surface area contributed by atoms with Crippen molar-refractivity contribution in [2.75, 3.05) is 19.8 Å². The highest BCUT2D eigenvalue weighted by Gasteiger charge is 2.18. The van der Waals surface area contributed by atoms with Crippen LogP contribution in [0.2, 0.25) is 0 Å². The third-order valence-corrected chi connectivity index (χ3v) is 2.01. The molecule has 0 atom stereocenters. The topological polar surface area (TPSA) is 113 Å². The highest BCUT2D eigenvalue weighted by molar-refractivity contribution is 5.90. The summed E-state index contributed by atoms with van der Waals surface area (Å²) in [5.41, 5.74) is -0.392. The van der Waals surface area contributed by atoms with Crippen LogP contribution >= 0.6 is 0 Å². The van der Waals surface area contributed by atoms with Gasteiger partial charge in [0.15, 0.2) is 0 Å². The lowest BCUT2D eigenvalue weighted by Crippen LogP contribution is -2.18. The normalized spacial score (nSPS) is 10.6. The Kier molecular flexibility index (Phi) is 8.10. The first-order valence-electron chi connectivity index (χ1n) is 5.30. The SMILES string of the molecule is C=CC(=O)O/C(=C/C)OC(=O)C(CO)=C(CO)CO. The Morgan fingerprint density at radius 1 is 1.11 bits per heavy atom. The Bertz CT molecular complexity index is 400. The largest absolute Gasteiger partial charge is 0.392 e. The van der Waals surface area contributed by atoms with E-state index in [2.05, 4.69) is 11.3 Å². The molecule has 0 aromatic carbocycles. The highest BCUT2D eigenvalue weighted by Crippen LogP contribution is 2.10. The minimum Gasteiger partial charge on any atom is -0.392 e. The third-order valence-electron chi connectivity index (χ3n) is 2.01. The summed E-state index contributed by atoms with van der Waals surface area (Å²) in [6.07, 6.45) is 2.10. The second-order valence-electron chi connectivity index (χ2n) is 3.18. The van der Waals surface area contributed by atoms with Crippen LogP contribution in [0.3, 0.4) is 0 Å². The van der Waals surface area contributed by atoms with Crippen molar-refractivity contribution >= 4 is 11.9 Å². The van der Waals surface area contributed by atoms with Gasteiger partial charge in [-0.25, -0.2) is 9.59 Å². The van der Waals surface area contributed by atoms with Gasteiger partial charge in [0.25, 0.3) is 5.95 Å². The number of carbonyl (C=O) groups excluding carboxylic acids is 2. The van der Waals surface area contributed by atoms with Gasteiger partial charge in [0.05, 0.1) is 25.4 Å². The quantitative estimate of drug-likeness (QED) is 0.322. The molecule has 0 aliphatic rings. The van der Waals surface area contributed by atoms with Gasteiger partial charge in [0.1, 0.15) is 0 Å². The molecule has 0 fully saturated rings. The number of hydrogen-bond donors (Lipinski definition) is 3. The molecule has 0 saturated carbocycles. The number of aliphatic hydroxyl groups excluding tert-OH is 3. The van der Waals surface area contributed by atoms with Crippen LogP contribution in [0, 0.1) is 0 Å². The molecule has 0 bridgehead atoms. The van der Waals surface area contributed by atoms with Crippen LogP contribution in [0.15, 0.2) is 35.8 Å². The zero-order valence-electron chi connectivity index (χ0n) is 10.5. The van der Waals surface area contributed by atoms with Crippen LogP contribution in [0.4, 0.5) is 0 Å². The van der Waals surface area contributed by atoms with Crippen molar-refractivity contribution in [2.45, 2.75) is 6.92 Å². The molecule has 0 spiro atoms. The van der Waals surface area contributed by atoms with Gasteiger partial charge in [-0.05, 0) is 18.6 Å². The van der Waals surface area contributed by atoms with E-state index in [1.807, 2.05) is 0 Å². The van der Waals surface area contributed by atoms with Gasteiger partial charge >= 0.3 is 11.9 Å². The Balaban J connectivity index is 4.96. The smallest absolute Gasteiger partial charge is 0.344 e. The monoisotopic (exact) mass is 272 g/mol. The van der Waals surface area contributed by atoms with E-state index in [1.165, 1.54) is 13.0 Å². The number of carbonyl (C=O) groups is 2. The highest BCUT2D eigenvalue weighted by atomic mass is 16.7. The molecule has 0 heterocycles. The van der Waals surface area contributed by atoms with Gasteiger partial charge in [0, 0.05) is 6.08 Å². The van der Waals surface area contributed by atoms with Gasteiger partial charge in [-0.1, -0.05) is 6.58 Å². The van der Waals surface area contributed by atoms with Crippen LogP contribution < -0.4 is 0 Å². The molecule has 19 heavy (non-hydrogen) atoms. The molecule has 0 radical (unpaired) electrons. The first-order valence-corrected chi connectivity index (χ1v) is 5.30. The maximum atomic E-state index is 11.7. The van der Waals surface area contributed by atoms with Crippen molar-refractivity contribution in [3.8, 4) is 0 Å². The van der Waals surface area contributed by atoms with Crippen LogP contribution in [-0.2, 0) is 19.1 Å². The van der Waals surface area contributed by atoms with E-state index in [-0.39, 0.29) is 11.1 Å². The second-order valence-corrected chi connectivity index (χ2v) is 3.18. The molecule has 0 aromatic rings. The second kappa shape index (κ2) is 9.03. The van der Waals surface area contributed by atoms with Gasteiger partial charge in [0.2, 0.25) is 0 Å². The molecular weight excluding hydrogens is 256 g/mol. The molecule has 0 saturated heterocycles. The maximum Gasteiger partial charge on any atom is 0.344 e. The fourth-order valence-electron chi connectivity index (χ4n) is 0.994. The van der Waals surface area contributed by atoms with Crippen molar-refractivity contribution in [3.05, 3.63) is 35.8 Å². The predicted molar refractivity (Wildman–Crippen MR) is 64.4 cm³/mol. The Morgan fingerprint density at radius 2 is 1.68 bits per heavy atom. The lowest BCUT2D eigenvalue weighted by molar-refractivity contribution is -0.148. The summed E-state index contributed by atoms with van der Waals surface area (Å²) in [6, 6.07) is 0.